The van der Waals surface area contributed by atoms with Crippen molar-refractivity contribution in [3.05, 3.63) is 58.3 Å². The van der Waals surface area contributed by atoms with E-state index in [1.807, 2.05) is 18.3 Å². The first-order valence-electron chi connectivity index (χ1n) is 12.2. The van der Waals surface area contributed by atoms with E-state index in [4.69, 9.17) is 5.73 Å². The zero-order valence-electron chi connectivity index (χ0n) is 20.7. The molecule has 4 rings (SSSR count). The van der Waals surface area contributed by atoms with Gasteiger partial charge >= 0.3 is 5.69 Å². The molecule has 34 heavy (non-hydrogen) atoms. The van der Waals surface area contributed by atoms with E-state index in [0.29, 0.717) is 24.2 Å². The summed E-state index contributed by atoms with van der Waals surface area (Å²) in [6.45, 7) is 10.1. The van der Waals surface area contributed by atoms with Crippen LogP contribution in [0.5, 0.6) is 0 Å². The quantitative estimate of drug-likeness (QED) is 0.232. The molecule has 3 aromatic rings. The van der Waals surface area contributed by atoms with Gasteiger partial charge in [0.25, 0.3) is 0 Å². The molecule has 1 saturated carbocycles. The summed E-state index contributed by atoms with van der Waals surface area (Å²) in [5, 5.41) is 7.72. The van der Waals surface area contributed by atoms with Crippen LogP contribution < -0.4 is 22.1 Å². The van der Waals surface area contributed by atoms with E-state index in [1.165, 1.54) is 19.3 Å². The van der Waals surface area contributed by atoms with Crippen LogP contribution >= 0.6 is 0 Å². The maximum Gasteiger partial charge on any atom is 0.354 e. The van der Waals surface area contributed by atoms with Gasteiger partial charge in [0.05, 0.1) is 5.69 Å². The van der Waals surface area contributed by atoms with Crippen molar-refractivity contribution in [3.8, 4) is 5.69 Å². The van der Waals surface area contributed by atoms with Crippen LogP contribution in [0.1, 0.15) is 70.7 Å². The number of aromatic amines is 1. The zero-order valence-corrected chi connectivity index (χ0v) is 20.7. The lowest BCUT2D eigenvalue weighted by Gasteiger charge is -2.26. The molecule has 8 nitrogen and oxygen atoms in total. The van der Waals surface area contributed by atoms with Crippen molar-refractivity contribution in [2.24, 2.45) is 10.7 Å². The van der Waals surface area contributed by atoms with Gasteiger partial charge in [0.2, 0.25) is 0 Å². The Bertz CT molecular complexity index is 1200. The molecule has 0 spiro atoms. The van der Waals surface area contributed by atoms with Crippen molar-refractivity contribution in [3.63, 3.8) is 0 Å². The molecule has 182 valence electrons. The minimum Gasteiger partial charge on any atom is -0.370 e. The van der Waals surface area contributed by atoms with Crippen molar-refractivity contribution in [2.45, 2.75) is 70.9 Å². The SMILES string of the molecule is C[C@H](NCCCN=C(N)NC1CCC1)c1ccc(-n2cc3cc(C(C)(C)C)[nH]c3nc2=O)cc1. The van der Waals surface area contributed by atoms with Crippen LogP contribution in [0.15, 0.2) is 46.3 Å². The summed E-state index contributed by atoms with van der Waals surface area (Å²) in [7, 11) is 0. The number of hydrogen-bond acceptors (Lipinski definition) is 4. The van der Waals surface area contributed by atoms with Crippen molar-refractivity contribution in [1.29, 1.82) is 0 Å². The number of aromatic nitrogens is 3. The van der Waals surface area contributed by atoms with Gasteiger partial charge in [-0.3, -0.25) is 9.56 Å². The molecule has 1 aromatic carbocycles. The summed E-state index contributed by atoms with van der Waals surface area (Å²) in [4.78, 5) is 24.6. The van der Waals surface area contributed by atoms with Crippen LogP contribution in [-0.2, 0) is 5.41 Å². The molecule has 0 radical (unpaired) electrons. The van der Waals surface area contributed by atoms with Crippen LogP contribution in [0.25, 0.3) is 16.7 Å². The van der Waals surface area contributed by atoms with Gasteiger partial charge in [-0.1, -0.05) is 32.9 Å². The van der Waals surface area contributed by atoms with Crippen molar-refractivity contribution in [2.75, 3.05) is 13.1 Å². The average molecular weight is 464 g/mol. The molecule has 1 aliphatic carbocycles. The Hall–Kier alpha value is -3.13. The number of nitrogens with zero attached hydrogens (tertiary/aromatic N) is 3. The second kappa shape index (κ2) is 10.0. The Morgan fingerprint density at radius 1 is 1.29 bits per heavy atom. The van der Waals surface area contributed by atoms with E-state index >= 15 is 0 Å². The highest BCUT2D eigenvalue weighted by Gasteiger charge is 2.18. The average Bonchev–Trinajstić information content (AvgIpc) is 3.19. The van der Waals surface area contributed by atoms with Crippen LogP contribution in [0.2, 0.25) is 0 Å². The highest BCUT2D eigenvalue weighted by atomic mass is 16.1. The number of fused-ring (bicyclic) bond motifs is 1. The number of guanidine groups is 1. The number of hydrogen-bond donors (Lipinski definition) is 4. The molecule has 0 saturated heterocycles. The maximum absolute atomic E-state index is 12.6. The summed E-state index contributed by atoms with van der Waals surface area (Å²) in [5.74, 6) is 0.561. The molecule has 0 amide bonds. The molecule has 2 aromatic heterocycles. The van der Waals surface area contributed by atoms with Gasteiger partial charge in [0.15, 0.2) is 5.96 Å². The number of benzene rings is 1. The summed E-state index contributed by atoms with van der Waals surface area (Å²) < 4.78 is 1.60. The lowest BCUT2D eigenvalue weighted by Crippen LogP contribution is -2.43. The zero-order chi connectivity index (χ0) is 24.3. The van der Waals surface area contributed by atoms with Crippen molar-refractivity contribution < 1.29 is 0 Å². The normalized spacial score (nSPS) is 15.9. The monoisotopic (exact) mass is 463 g/mol. The number of nitrogens with one attached hydrogen (secondary N) is 3. The molecular formula is C26H37N7O. The summed E-state index contributed by atoms with van der Waals surface area (Å²) in [6, 6.07) is 10.8. The minimum absolute atomic E-state index is 0.0365. The van der Waals surface area contributed by atoms with E-state index in [9.17, 15) is 4.79 Å². The Labute approximate surface area is 201 Å². The first-order valence-corrected chi connectivity index (χ1v) is 12.2. The molecule has 1 atom stereocenters. The van der Waals surface area contributed by atoms with Crippen LogP contribution in [-0.4, -0.2) is 39.6 Å². The predicted octanol–water partition coefficient (Wildman–Crippen LogP) is 3.51. The van der Waals surface area contributed by atoms with Crippen molar-refractivity contribution >= 4 is 17.0 Å². The summed E-state index contributed by atoms with van der Waals surface area (Å²) >= 11 is 0. The van der Waals surface area contributed by atoms with Gasteiger partial charge in [-0.05, 0) is 62.9 Å². The smallest absolute Gasteiger partial charge is 0.354 e. The second-order valence-electron chi connectivity index (χ2n) is 10.3. The van der Waals surface area contributed by atoms with Gasteiger partial charge in [0, 0.05) is 41.3 Å². The molecule has 0 unspecified atom stereocenters. The molecule has 5 N–H and O–H groups in total. The molecule has 1 fully saturated rings. The summed E-state index contributed by atoms with van der Waals surface area (Å²) in [6.07, 6.45) is 6.45. The lowest BCUT2D eigenvalue weighted by atomic mass is 9.92. The topological polar surface area (TPSA) is 113 Å². The number of rotatable bonds is 8. The number of aliphatic imine (C=N–C) groups is 1. The number of nitrogens with two attached hydrogens (primary N) is 1. The fourth-order valence-corrected chi connectivity index (χ4v) is 4.03. The molecular weight excluding hydrogens is 426 g/mol. The fourth-order valence-electron chi connectivity index (χ4n) is 4.03. The molecule has 0 bridgehead atoms. The highest BCUT2D eigenvalue weighted by Crippen LogP contribution is 2.25. The summed E-state index contributed by atoms with van der Waals surface area (Å²) in [5.41, 5.74) is 9.26. The standard InChI is InChI=1S/C26H37N7O/c1-17(28-13-6-14-29-24(27)30-20-7-5-8-20)18-9-11-21(12-10-18)33-16-19-15-22(26(2,3)4)31-23(19)32-25(33)34/h9-12,15-17,20,28H,5-8,13-14H2,1-4H3,(H3,27,29,30)(H,31,32,34)/t17-/m0/s1. The first-order chi connectivity index (χ1) is 16.2. The highest BCUT2D eigenvalue weighted by molar-refractivity contribution is 5.78. The van der Waals surface area contributed by atoms with Gasteiger partial charge < -0.3 is 21.4 Å². The van der Waals surface area contributed by atoms with Crippen LogP contribution in [0.3, 0.4) is 0 Å². The second-order valence-corrected chi connectivity index (χ2v) is 10.3. The van der Waals surface area contributed by atoms with E-state index in [2.05, 4.69) is 71.5 Å². The van der Waals surface area contributed by atoms with Gasteiger partial charge in [-0.25, -0.2) is 4.79 Å². The van der Waals surface area contributed by atoms with Gasteiger partial charge in [-0.2, -0.15) is 4.98 Å². The van der Waals surface area contributed by atoms with E-state index < -0.39 is 0 Å². The van der Waals surface area contributed by atoms with Gasteiger partial charge in [0.1, 0.15) is 5.65 Å². The van der Waals surface area contributed by atoms with Crippen molar-refractivity contribution in [1.82, 2.24) is 25.2 Å². The third-order valence-corrected chi connectivity index (χ3v) is 6.51. The third kappa shape index (κ3) is 5.67. The largest absolute Gasteiger partial charge is 0.370 e. The first kappa shape index (κ1) is 24.0. The molecule has 1 aliphatic rings. The minimum atomic E-state index is -0.291. The third-order valence-electron chi connectivity index (χ3n) is 6.51. The Morgan fingerprint density at radius 2 is 2.03 bits per heavy atom. The predicted molar refractivity (Wildman–Crippen MR) is 139 cm³/mol. The van der Waals surface area contributed by atoms with Crippen LogP contribution in [0, 0.1) is 0 Å². The maximum atomic E-state index is 12.6. The lowest BCUT2D eigenvalue weighted by molar-refractivity contribution is 0.382. The van der Waals surface area contributed by atoms with Crippen LogP contribution in [0.4, 0.5) is 0 Å². The van der Waals surface area contributed by atoms with E-state index in [-0.39, 0.29) is 17.1 Å². The Balaban J connectivity index is 1.34. The fraction of sp³-hybridized carbons (Fsp3) is 0.500. The van der Waals surface area contributed by atoms with E-state index in [1.54, 1.807) is 4.57 Å². The Morgan fingerprint density at radius 3 is 2.68 bits per heavy atom. The number of H-pyrrole nitrogens is 1. The Kier molecular flexibility index (Phi) is 7.07. The van der Waals surface area contributed by atoms with Gasteiger partial charge in [-0.15, -0.1) is 0 Å². The van der Waals surface area contributed by atoms with E-state index in [0.717, 1.165) is 35.3 Å². The molecule has 8 heteroatoms. The molecule has 0 aliphatic heterocycles. The molecule has 2 heterocycles.